The minimum absolute atomic E-state index is 0.00192. The molecule has 0 radical (unpaired) electrons. The van der Waals surface area contributed by atoms with Gasteiger partial charge in [-0.1, -0.05) is 25.5 Å². The summed E-state index contributed by atoms with van der Waals surface area (Å²) in [4.78, 5) is 40.2. The summed E-state index contributed by atoms with van der Waals surface area (Å²) in [6.45, 7) is 3.84. The van der Waals surface area contributed by atoms with Gasteiger partial charge >= 0.3 is 0 Å². The predicted molar refractivity (Wildman–Crippen MR) is 133 cm³/mol. The molecular weight excluding hydrogens is 460 g/mol. The van der Waals surface area contributed by atoms with Crippen LogP contribution in [0.1, 0.15) is 33.1 Å². The van der Waals surface area contributed by atoms with Gasteiger partial charge in [0.2, 0.25) is 11.8 Å². The van der Waals surface area contributed by atoms with Crippen molar-refractivity contribution in [2.24, 2.45) is 0 Å². The van der Waals surface area contributed by atoms with Crippen LogP contribution < -0.4 is 10.6 Å². The molecule has 0 aliphatic rings. The van der Waals surface area contributed by atoms with Crippen molar-refractivity contribution < 1.29 is 14.5 Å². The normalized spacial score (nSPS) is 11.6. The molecule has 3 aromatic rings. The van der Waals surface area contributed by atoms with Gasteiger partial charge in [-0.3, -0.25) is 19.7 Å². The summed E-state index contributed by atoms with van der Waals surface area (Å²) in [5.74, 6) is -0.199. The maximum atomic E-state index is 12.6. The zero-order chi connectivity index (χ0) is 23.8. The molecule has 10 heteroatoms. The van der Waals surface area contributed by atoms with E-state index in [1.165, 1.54) is 35.2 Å². The van der Waals surface area contributed by atoms with E-state index in [0.29, 0.717) is 22.8 Å². The number of nitro benzene ring substituents is 1. The Kier molecular flexibility index (Phi) is 8.56. The Hall–Kier alpha value is -3.24. The fourth-order valence-corrected chi connectivity index (χ4v) is 4.47. The van der Waals surface area contributed by atoms with E-state index in [2.05, 4.69) is 15.6 Å². The smallest absolute Gasteiger partial charge is 0.270 e. The highest BCUT2D eigenvalue weighted by atomic mass is 32.2. The Morgan fingerprint density at radius 1 is 1.18 bits per heavy atom. The second-order valence-electron chi connectivity index (χ2n) is 7.27. The number of anilines is 2. The van der Waals surface area contributed by atoms with E-state index in [1.54, 1.807) is 24.4 Å². The monoisotopic (exact) mass is 484 g/mol. The van der Waals surface area contributed by atoms with Crippen molar-refractivity contribution >= 4 is 51.4 Å². The topological polar surface area (TPSA) is 114 Å². The predicted octanol–water partition coefficient (Wildman–Crippen LogP) is 5.97. The number of nitrogens with zero attached hydrogens (tertiary/aromatic N) is 2. The number of rotatable bonds is 10. The minimum Gasteiger partial charge on any atom is -0.326 e. The van der Waals surface area contributed by atoms with Gasteiger partial charge in [0.15, 0.2) is 5.13 Å². The summed E-state index contributed by atoms with van der Waals surface area (Å²) >= 11 is 2.66. The van der Waals surface area contributed by atoms with E-state index in [4.69, 9.17) is 0 Å². The highest BCUT2D eigenvalue weighted by Crippen LogP contribution is 2.29. The van der Waals surface area contributed by atoms with E-state index in [0.717, 1.165) is 23.4 Å². The lowest BCUT2D eigenvalue weighted by Gasteiger charge is -2.11. The summed E-state index contributed by atoms with van der Waals surface area (Å²) in [7, 11) is 0. The van der Waals surface area contributed by atoms with E-state index in [9.17, 15) is 19.7 Å². The van der Waals surface area contributed by atoms with Gasteiger partial charge in [0, 0.05) is 40.1 Å². The van der Waals surface area contributed by atoms with Gasteiger partial charge in [0.05, 0.1) is 15.9 Å². The number of hydrogen-bond donors (Lipinski definition) is 2. The third kappa shape index (κ3) is 7.13. The molecule has 0 fully saturated rings. The number of non-ortho nitro benzene ring substituents is 1. The first-order valence-corrected chi connectivity index (χ1v) is 12.2. The molecule has 2 amide bonds. The molecular formula is C23H24N4O4S2. The average molecular weight is 485 g/mol. The Labute approximate surface area is 200 Å². The lowest BCUT2D eigenvalue weighted by atomic mass is 10.1. The van der Waals surface area contributed by atoms with Crippen LogP contribution in [0.15, 0.2) is 58.8 Å². The van der Waals surface area contributed by atoms with Gasteiger partial charge < -0.3 is 10.6 Å². The van der Waals surface area contributed by atoms with Gasteiger partial charge in [-0.15, -0.1) is 23.1 Å². The quantitative estimate of drug-likeness (QED) is 0.208. The largest absolute Gasteiger partial charge is 0.326 e. The maximum Gasteiger partial charge on any atom is 0.270 e. The van der Waals surface area contributed by atoms with Gasteiger partial charge in [0.1, 0.15) is 0 Å². The summed E-state index contributed by atoms with van der Waals surface area (Å²) in [6, 6.07) is 13.6. The molecule has 0 saturated heterocycles. The Morgan fingerprint density at radius 2 is 1.94 bits per heavy atom. The first-order chi connectivity index (χ1) is 15.9. The molecule has 1 atom stereocenters. The van der Waals surface area contributed by atoms with Crippen LogP contribution in [0.2, 0.25) is 0 Å². The van der Waals surface area contributed by atoms with Crippen LogP contribution in [-0.4, -0.2) is 27.0 Å². The van der Waals surface area contributed by atoms with Crippen LogP contribution in [0.4, 0.5) is 16.5 Å². The molecule has 0 spiro atoms. The van der Waals surface area contributed by atoms with Crippen molar-refractivity contribution in [3.05, 3.63) is 64.0 Å². The second-order valence-corrected chi connectivity index (χ2v) is 9.54. The Bertz CT molecular complexity index is 1130. The van der Waals surface area contributed by atoms with Crippen molar-refractivity contribution in [1.82, 2.24) is 4.98 Å². The van der Waals surface area contributed by atoms with Gasteiger partial charge in [0.25, 0.3) is 5.69 Å². The maximum absolute atomic E-state index is 12.6. The zero-order valence-electron chi connectivity index (χ0n) is 18.2. The molecule has 1 aromatic heterocycles. The number of thiazole rings is 1. The highest BCUT2D eigenvalue weighted by molar-refractivity contribution is 8.00. The van der Waals surface area contributed by atoms with Crippen molar-refractivity contribution in [3.63, 3.8) is 0 Å². The summed E-state index contributed by atoms with van der Waals surface area (Å²) in [5, 5.41) is 18.4. The third-order valence-corrected chi connectivity index (χ3v) is 6.53. The molecule has 0 aliphatic heterocycles. The van der Waals surface area contributed by atoms with Crippen LogP contribution in [-0.2, 0) is 9.59 Å². The van der Waals surface area contributed by atoms with Crippen molar-refractivity contribution in [2.45, 2.75) is 43.3 Å². The van der Waals surface area contributed by atoms with Crippen LogP contribution in [0.5, 0.6) is 0 Å². The third-order valence-electron chi connectivity index (χ3n) is 4.66. The van der Waals surface area contributed by atoms with Crippen molar-refractivity contribution in [1.29, 1.82) is 0 Å². The van der Waals surface area contributed by atoms with Crippen LogP contribution in [0.3, 0.4) is 0 Å². The van der Waals surface area contributed by atoms with Crippen LogP contribution in [0, 0.1) is 10.1 Å². The molecule has 0 aliphatic carbocycles. The average Bonchev–Trinajstić information content (AvgIpc) is 3.27. The number of carbonyl (C=O) groups is 2. The molecule has 1 heterocycles. The molecule has 8 nitrogen and oxygen atoms in total. The number of hydrogen-bond acceptors (Lipinski definition) is 7. The number of nitro groups is 1. The molecule has 2 N–H and O–H groups in total. The zero-order valence-corrected chi connectivity index (χ0v) is 19.9. The highest BCUT2D eigenvalue weighted by Gasteiger charge is 2.17. The van der Waals surface area contributed by atoms with E-state index >= 15 is 0 Å². The van der Waals surface area contributed by atoms with Crippen LogP contribution >= 0.6 is 23.1 Å². The van der Waals surface area contributed by atoms with Gasteiger partial charge in [-0.2, -0.15) is 0 Å². The summed E-state index contributed by atoms with van der Waals surface area (Å²) in [5.41, 5.74) is 1.90. The number of carbonyl (C=O) groups excluding carboxylic acids is 2. The minimum atomic E-state index is -0.454. The number of nitrogens with one attached hydrogen (secondary N) is 2. The molecule has 1 unspecified atom stereocenters. The summed E-state index contributed by atoms with van der Waals surface area (Å²) < 4.78 is 0. The first kappa shape index (κ1) is 24.4. The SMILES string of the molecule is CCCCC(=O)Nc1ccc(SC(C)C(=O)Nc2nc(-c3cccc([N+](=O)[O-])c3)cs2)cc1. The molecule has 0 bridgehead atoms. The van der Waals surface area contributed by atoms with E-state index in [-0.39, 0.29) is 22.8 Å². The second kappa shape index (κ2) is 11.6. The van der Waals surface area contributed by atoms with E-state index < -0.39 is 4.92 Å². The van der Waals surface area contributed by atoms with Crippen molar-refractivity contribution in [2.75, 3.05) is 10.6 Å². The fraction of sp³-hybridized carbons (Fsp3) is 0.261. The van der Waals surface area contributed by atoms with Gasteiger partial charge in [-0.05, 0) is 37.6 Å². The van der Waals surface area contributed by atoms with E-state index in [1.807, 2.05) is 31.2 Å². The molecule has 172 valence electrons. The Balaban J connectivity index is 1.55. The number of unbranched alkanes of at least 4 members (excludes halogenated alkanes) is 1. The molecule has 0 saturated carbocycles. The first-order valence-electron chi connectivity index (χ1n) is 10.4. The van der Waals surface area contributed by atoms with Crippen LogP contribution in [0.25, 0.3) is 11.3 Å². The number of thioether (sulfide) groups is 1. The fourth-order valence-electron chi connectivity index (χ4n) is 2.88. The Morgan fingerprint density at radius 3 is 2.64 bits per heavy atom. The lowest BCUT2D eigenvalue weighted by molar-refractivity contribution is -0.384. The summed E-state index contributed by atoms with van der Waals surface area (Å²) in [6.07, 6.45) is 2.34. The number of amides is 2. The molecule has 33 heavy (non-hydrogen) atoms. The number of benzene rings is 2. The van der Waals surface area contributed by atoms with Gasteiger partial charge in [-0.25, -0.2) is 4.98 Å². The number of aromatic nitrogens is 1. The molecule has 2 aromatic carbocycles. The lowest BCUT2D eigenvalue weighted by Crippen LogP contribution is -2.22. The molecule has 3 rings (SSSR count). The standard InChI is InChI=1S/C23H24N4O4S2/c1-3-4-8-21(28)24-17-9-11-19(12-10-17)33-15(2)22(29)26-23-25-20(14-32-23)16-6-5-7-18(13-16)27(30)31/h5-7,9-15H,3-4,8H2,1-2H3,(H,24,28)(H,25,26,29). The van der Waals surface area contributed by atoms with Crippen molar-refractivity contribution in [3.8, 4) is 11.3 Å².